The van der Waals surface area contributed by atoms with Gasteiger partial charge in [0.25, 0.3) is 0 Å². The molecule has 2 heterocycles. The molecular formula is C14H20ClNO3S. The van der Waals surface area contributed by atoms with Gasteiger partial charge in [-0.05, 0) is 37.1 Å². The molecule has 0 aliphatic carbocycles. The fourth-order valence-corrected chi connectivity index (χ4v) is 5.07. The molecule has 1 aromatic rings. The van der Waals surface area contributed by atoms with E-state index in [2.05, 4.69) is 4.90 Å². The zero-order valence-electron chi connectivity index (χ0n) is 11.3. The van der Waals surface area contributed by atoms with E-state index in [0.29, 0.717) is 6.54 Å². The fourth-order valence-electron chi connectivity index (χ4n) is 3.27. The average Bonchev–Trinajstić information content (AvgIpc) is 2.79. The first kappa shape index (κ1) is 15.8. The van der Waals surface area contributed by atoms with Crippen molar-refractivity contribution in [3.8, 4) is 0 Å². The third-order valence-corrected chi connectivity index (χ3v) is 5.70. The number of hydrogen-bond acceptors (Lipinski definition) is 4. The molecule has 1 unspecified atom stereocenters. The van der Waals surface area contributed by atoms with Gasteiger partial charge in [-0.3, -0.25) is 0 Å². The van der Waals surface area contributed by atoms with Crippen LogP contribution in [0.15, 0.2) is 24.3 Å². The Morgan fingerprint density at radius 3 is 2.55 bits per heavy atom. The number of sulfone groups is 1. The van der Waals surface area contributed by atoms with Crippen LogP contribution in [0.5, 0.6) is 0 Å². The first-order valence-electron chi connectivity index (χ1n) is 6.72. The van der Waals surface area contributed by atoms with Crippen molar-refractivity contribution in [1.82, 2.24) is 4.90 Å². The lowest BCUT2D eigenvalue weighted by Gasteiger charge is -2.37. The van der Waals surface area contributed by atoms with E-state index in [1.165, 1.54) is 0 Å². The Balaban J connectivity index is 0.00000147. The molecule has 3 rings (SSSR count). The largest absolute Gasteiger partial charge is 0.383 e. The first-order chi connectivity index (χ1) is 8.99. The summed E-state index contributed by atoms with van der Waals surface area (Å²) >= 11 is 0. The third kappa shape index (κ3) is 3.01. The van der Waals surface area contributed by atoms with Crippen LogP contribution in [0, 0.1) is 0 Å². The van der Waals surface area contributed by atoms with Crippen molar-refractivity contribution in [2.24, 2.45) is 0 Å². The van der Waals surface area contributed by atoms with Gasteiger partial charge in [0.2, 0.25) is 0 Å². The fraction of sp³-hybridized carbons (Fsp3) is 0.571. The SMILES string of the molecule is Cl.O=S1(=O)Cc2ccccc2C(O)(CN2CCCC2)C1. The molecule has 1 atom stereocenters. The van der Waals surface area contributed by atoms with E-state index in [1.54, 1.807) is 6.07 Å². The lowest BCUT2D eigenvalue weighted by Crippen LogP contribution is -2.48. The van der Waals surface area contributed by atoms with Crippen LogP contribution >= 0.6 is 12.4 Å². The highest BCUT2D eigenvalue weighted by Crippen LogP contribution is 2.34. The number of benzene rings is 1. The van der Waals surface area contributed by atoms with Crippen LogP contribution in [-0.2, 0) is 21.2 Å². The Morgan fingerprint density at radius 1 is 1.20 bits per heavy atom. The molecule has 20 heavy (non-hydrogen) atoms. The number of likely N-dealkylation sites (tertiary alicyclic amines) is 1. The van der Waals surface area contributed by atoms with Crippen molar-refractivity contribution in [2.45, 2.75) is 24.2 Å². The smallest absolute Gasteiger partial charge is 0.157 e. The monoisotopic (exact) mass is 317 g/mol. The minimum absolute atomic E-state index is 0. The van der Waals surface area contributed by atoms with Crippen molar-refractivity contribution in [3.63, 3.8) is 0 Å². The molecular weight excluding hydrogens is 298 g/mol. The lowest BCUT2D eigenvalue weighted by molar-refractivity contribution is 0.0238. The van der Waals surface area contributed by atoms with Gasteiger partial charge in [0, 0.05) is 6.54 Å². The number of hydrogen-bond donors (Lipinski definition) is 1. The van der Waals surface area contributed by atoms with Crippen molar-refractivity contribution < 1.29 is 13.5 Å². The highest BCUT2D eigenvalue weighted by molar-refractivity contribution is 7.90. The number of halogens is 1. The zero-order valence-corrected chi connectivity index (χ0v) is 12.9. The summed E-state index contributed by atoms with van der Waals surface area (Å²) in [5.74, 6) is -0.112. The summed E-state index contributed by atoms with van der Waals surface area (Å²) in [7, 11) is -3.22. The van der Waals surface area contributed by atoms with Gasteiger partial charge >= 0.3 is 0 Å². The second-order valence-electron chi connectivity index (χ2n) is 5.70. The standard InChI is InChI=1S/C14H19NO3S.ClH/c16-14(10-15-7-3-4-8-15)11-19(17,18)9-12-5-1-2-6-13(12)14;/h1-2,5-6,16H,3-4,7-11H2;1H. The molecule has 0 radical (unpaired) electrons. The summed E-state index contributed by atoms with van der Waals surface area (Å²) in [6.07, 6.45) is 2.26. The summed E-state index contributed by atoms with van der Waals surface area (Å²) in [6.45, 7) is 2.32. The highest BCUT2D eigenvalue weighted by Gasteiger charge is 2.42. The van der Waals surface area contributed by atoms with Gasteiger partial charge in [0.1, 0.15) is 5.60 Å². The molecule has 2 aliphatic rings. The van der Waals surface area contributed by atoms with E-state index in [9.17, 15) is 13.5 Å². The van der Waals surface area contributed by atoms with Gasteiger partial charge < -0.3 is 10.0 Å². The van der Waals surface area contributed by atoms with Gasteiger partial charge in [-0.1, -0.05) is 24.3 Å². The average molecular weight is 318 g/mol. The van der Waals surface area contributed by atoms with Crippen molar-refractivity contribution >= 4 is 22.2 Å². The normalized spacial score (nSPS) is 28.6. The van der Waals surface area contributed by atoms with E-state index in [4.69, 9.17) is 0 Å². The van der Waals surface area contributed by atoms with Crippen LogP contribution in [0.25, 0.3) is 0 Å². The van der Waals surface area contributed by atoms with E-state index in [0.717, 1.165) is 37.1 Å². The Hall–Kier alpha value is -0.620. The van der Waals surface area contributed by atoms with Crippen LogP contribution in [-0.4, -0.2) is 43.8 Å². The summed E-state index contributed by atoms with van der Waals surface area (Å²) in [4.78, 5) is 2.16. The Labute approximate surface area is 126 Å². The van der Waals surface area contributed by atoms with Crippen LogP contribution in [0.3, 0.4) is 0 Å². The van der Waals surface area contributed by atoms with Crippen molar-refractivity contribution in [3.05, 3.63) is 35.4 Å². The molecule has 0 bridgehead atoms. The number of fused-ring (bicyclic) bond motifs is 1. The molecule has 112 valence electrons. The Morgan fingerprint density at radius 2 is 1.85 bits per heavy atom. The molecule has 2 aliphatic heterocycles. The van der Waals surface area contributed by atoms with Gasteiger partial charge in [0.15, 0.2) is 9.84 Å². The van der Waals surface area contributed by atoms with Gasteiger partial charge in [0.05, 0.1) is 11.5 Å². The minimum Gasteiger partial charge on any atom is -0.383 e. The predicted molar refractivity (Wildman–Crippen MR) is 80.8 cm³/mol. The predicted octanol–water partition coefficient (Wildman–Crippen LogP) is 1.32. The first-order valence-corrected chi connectivity index (χ1v) is 8.54. The topological polar surface area (TPSA) is 57.6 Å². The van der Waals surface area contributed by atoms with Crippen LogP contribution < -0.4 is 0 Å². The van der Waals surface area contributed by atoms with E-state index >= 15 is 0 Å². The van der Waals surface area contributed by atoms with Crippen molar-refractivity contribution in [1.29, 1.82) is 0 Å². The van der Waals surface area contributed by atoms with E-state index < -0.39 is 15.4 Å². The molecule has 0 aromatic heterocycles. The minimum atomic E-state index is -3.22. The maximum atomic E-state index is 12.0. The van der Waals surface area contributed by atoms with Crippen LogP contribution in [0.1, 0.15) is 24.0 Å². The number of aliphatic hydroxyl groups is 1. The third-order valence-electron chi connectivity index (χ3n) is 4.04. The lowest BCUT2D eigenvalue weighted by atomic mass is 9.91. The van der Waals surface area contributed by atoms with Crippen LogP contribution in [0.4, 0.5) is 0 Å². The molecule has 0 spiro atoms. The summed E-state index contributed by atoms with van der Waals surface area (Å²) in [5.41, 5.74) is 0.282. The van der Waals surface area contributed by atoms with Gasteiger partial charge in [-0.15, -0.1) is 12.4 Å². The summed E-state index contributed by atoms with van der Waals surface area (Å²) < 4.78 is 24.0. The molecule has 0 saturated carbocycles. The molecule has 0 amide bonds. The van der Waals surface area contributed by atoms with Gasteiger partial charge in [-0.2, -0.15) is 0 Å². The maximum absolute atomic E-state index is 12.0. The number of rotatable bonds is 2. The van der Waals surface area contributed by atoms with E-state index in [1.807, 2.05) is 18.2 Å². The summed E-state index contributed by atoms with van der Waals surface area (Å²) in [6, 6.07) is 7.36. The molecule has 1 aromatic carbocycles. The molecule has 1 N–H and O–H groups in total. The number of nitrogens with zero attached hydrogens (tertiary/aromatic N) is 1. The molecule has 4 nitrogen and oxygen atoms in total. The van der Waals surface area contributed by atoms with Crippen molar-refractivity contribution in [2.75, 3.05) is 25.4 Å². The Bertz CT molecular complexity index is 584. The molecule has 1 fully saturated rings. The van der Waals surface area contributed by atoms with Gasteiger partial charge in [-0.25, -0.2) is 8.42 Å². The second-order valence-corrected chi connectivity index (χ2v) is 7.77. The van der Waals surface area contributed by atoms with E-state index in [-0.39, 0.29) is 23.9 Å². The second kappa shape index (κ2) is 5.64. The quantitative estimate of drug-likeness (QED) is 0.894. The Kier molecular flexibility index (Phi) is 4.44. The molecule has 1 saturated heterocycles. The molecule has 6 heteroatoms. The van der Waals surface area contributed by atoms with Crippen LogP contribution in [0.2, 0.25) is 0 Å². The number of β-amino-alcohol motifs (C(OH)–C–C–N with tert-alkyl or cyclic N) is 1. The summed E-state index contributed by atoms with van der Waals surface area (Å²) in [5, 5.41) is 10.9. The highest BCUT2D eigenvalue weighted by atomic mass is 35.5. The maximum Gasteiger partial charge on any atom is 0.157 e. The zero-order chi connectivity index (χ0) is 13.5.